The topological polar surface area (TPSA) is 45.2 Å². The zero-order valence-corrected chi connectivity index (χ0v) is 15.9. The summed E-state index contributed by atoms with van der Waals surface area (Å²) in [4.78, 5) is 19.1. The predicted octanol–water partition coefficient (Wildman–Crippen LogP) is 4.40. The first-order chi connectivity index (χ1) is 13.8. The molecule has 0 spiro atoms. The van der Waals surface area contributed by atoms with Crippen LogP contribution in [-0.4, -0.2) is 30.5 Å². The van der Waals surface area contributed by atoms with E-state index in [2.05, 4.69) is 33.4 Å². The van der Waals surface area contributed by atoms with Crippen LogP contribution >= 0.6 is 0 Å². The van der Waals surface area contributed by atoms with Crippen LogP contribution in [0.25, 0.3) is 11.1 Å². The Kier molecular flexibility index (Phi) is 5.66. The fourth-order valence-corrected chi connectivity index (χ4v) is 3.72. The molecular weight excluding hydrogens is 346 g/mol. The Bertz CT molecular complexity index is 886. The molecule has 1 aromatic heterocycles. The number of carbonyl (C=O) groups excluding carboxylic acids is 1. The summed E-state index contributed by atoms with van der Waals surface area (Å²) < 4.78 is 0. The normalized spacial score (nSPS) is 14.6. The number of pyridine rings is 1. The maximum atomic E-state index is 12.5. The number of rotatable bonds is 5. The Morgan fingerprint density at radius 1 is 0.929 bits per heavy atom. The van der Waals surface area contributed by atoms with Crippen LogP contribution in [0, 0.1) is 5.92 Å². The highest BCUT2D eigenvalue weighted by Crippen LogP contribution is 2.22. The molecule has 4 heteroatoms. The van der Waals surface area contributed by atoms with E-state index in [-0.39, 0.29) is 5.91 Å². The summed E-state index contributed by atoms with van der Waals surface area (Å²) in [5.41, 5.74) is 4.19. The molecule has 1 amide bonds. The summed E-state index contributed by atoms with van der Waals surface area (Å²) in [7, 11) is 0. The van der Waals surface area contributed by atoms with Gasteiger partial charge in [-0.1, -0.05) is 42.5 Å². The van der Waals surface area contributed by atoms with Gasteiger partial charge >= 0.3 is 0 Å². The van der Waals surface area contributed by atoms with E-state index in [1.54, 1.807) is 6.20 Å². The molecule has 1 N–H and O–H groups in total. The van der Waals surface area contributed by atoms with Gasteiger partial charge in [0, 0.05) is 31.4 Å². The largest absolute Gasteiger partial charge is 0.370 e. The van der Waals surface area contributed by atoms with Gasteiger partial charge in [-0.15, -0.1) is 0 Å². The average Bonchev–Trinajstić information content (AvgIpc) is 2.79. The quantitative estimate of drug-likeness (QED) is 0.723. The first-order valence-corrected chi connectivity index (χ1v) is 9.88. The Morgan fingerprint density at radius 3 is 2.32 bits per heavy atom. The SMILES string of the molecule is O=C(NCC1CCN(c2cccnc2)CC1)c1ccc(-c2ccccc2)cc1. The van der Waals surface area contributed by atoms with Gasteiger partial charge in [0.1, 0.15) is 0 Å². The van der Waals surface area contributed by atoms with Gasteiger partial charge in [-0.2, -0.15) is 0 Å². The zero-order valence-electron chi connectivity index (χ0n) is 15.9. The van der Waals surface area contributed by atoms with E-state index in [9.17, 15) is 4.79 Å². The summed E-state index contributed by atoms with van der Waals surface area (Å²) in [6, 6.07) is 22.1. The van der Waals surface area contributed by atoms with Gasteiger partial charge in [-0.25, -0.2) is 0 Å². The highest BCUT2D eigenvalue weighted by atomic mass is 16.1. The minimum absolute atomic E-state index is 0.00861. The number of hydrogen-bond acceptors (Lipinski definition) is 3. The van der Waals surface area contributed by atoms with Crippen molar-refractivity contribution in [2.75, 3.05) is 24.5 Å². The zero-order chi connectivity index (χ0) is 19.2. The molecule has 1 saturated heterocycles. The van der Waals surface area contributed by atoms with Crippen molar-refractivity contribution in [3.8, 4) is 11.1 Å². The van der Waals surface area contributed by atoms with Crippen molar-refractivity contribution in [2.45, 2.75) is 12.8 Å². The molecule has 0 atom stereocenters. The summed E-state index contributed by atoms with van der Waals surface area (Å²) in [6.45, 7) is 2.76. The predicted molar refractivity (Wildman–Crippen MR) is 113 cm³/mol. The number of benzene rings is 2. The van der Waals surface area contributed by atoms with Crippen LogP contribution in [0.4, 0.5) is 5.69 Å². The van der Waals surface area contributed by atoms with E-state index < -0.39 is 0 Å². The maximum absolute atomic E-state index is 12.5. The number of aromatic nitrogens is 1. The number of amides is 1. The van der Waals surface area contributed by atoms with Crippen molar-refractivity contribution in [3.63, 3.8) is 0 Å². The Morgan fingerprint density at radius 2 is 1.64 bits per heavy atom. The number of carbonyl (C=O) groups is 1. The third-order valence-corrected chi connectivity index (χ3v) is 5.43. The van der Waals surface area contributed by atoms with E-state index in [0.717, 1.165) is 43.6 Å². The molecule has 2 heterocycles. The summed E-state index contributed by atoms with van der Waals surface area (Å²) in [5.74, 6) is 0.537. The molecule has 4 rings (SSSR count). The number of nitrogens with one attached hydrogen (secondary N) is 1. The molecular formula is C24H25N3O. The van der Waals surface area contributed by atoms with Crippen LogP contribution in [0.2, 0.25) is 0 Å². The van der Waals surface area contributed by atoms with Crippen molar-refractivity contribution in [2.24, 2.45) is 5.92 Å². The fourth-order valence-electron chi connectivity index (χ4n) is 3.72. The Hall–Kier alpha value is -3.14. The summed E-state index contributed by atoms with van der Waals surface area (Å²) >= 11 is 0. The third kappa shape index (κ3) is 4.39. The molecule has 1 fully saturated rings. The van der Waals surface area contributed by atoms with Gasteiger partial charge in [0.25, 0.3) is 5.91 Å². The van der Waals surface area contributed by atoms with Gasteiger partial charge < -0.3 is 10.2 Å². The van der Waals surface area contributed by atoms with Crippen molar-refractivity contribution in [1.29, 1.82) is 0 Å². The van der Waals surface area contributed by atoms with Crippen molar-refractivity contribution >= 4 is 11.6 Å². The molecule has 0 radical (unpaired) electrons. The lowest BCUT2D eigenvalue weighted by Gasteiger charge is -2.33. The number of hydrogen-bond donors (Lipinski definition) is 1. The molecule has 28 heavy (non-hydrogen) atoms. The number of anilines is 1. The maximum Gasteiger partial charge on any atom is 0.251 e. The van der Waals surface area contributed by atoms with E-state index in [1.807, 2.05) is 54.7 Å². The van der Waals surface area contributed by atoms with Crippen molar-refractivity contribution in [3.05, 3.63) is 84.7 Å². The molecule has 0 saturated carbocycles. The second-order valence-electron chi connectivity index (χ2n) is 7.30. The fraction of sp³-hybridized carbons (Fsp3) is 0.250. The second-order valence-corrected chi connectivity index (χ2v) is 7.30. The van der Waals surface area contributed by atoms with Crippen LogP contribution in [-0.2, 0) is 0 Å². The molecule has 0 bridgehead atoms. The molecule has 2 aromatic carbocycles. The minimum Gasteiger partial charge on any atom is -0.370 e. The van der Waals surface area contributed by atoms with Gasteiger partial charge in [-0.3, -0.25) is 9.78 Å². The van der Waals surface area contributed by atoms with Crippen LogP contribution in [0.1, 0.15) is 23.2 Å². The van der Waals surface area contributed by atoms with Gasteiger partial charge in [0.15, 0.2) is 0 Å². The molecule has 1 aliphatic rings. The second kappa shape index (κ2) is 8.70. The highest BCUT2D eigenvalue weighted by Gasteiger charge is 2.20. The van der Waals surface area contributed by atoms with Crippen LogP contribution in [0.5, 0.6) is 0 Å². The monoisotopic (exact) mass is 371 g/mol. The Balaban J connectivity index is 1.27. The lowest BCUT2D eigenvalue weighted by atomic mass is 9.96. The Labute approximate surface area is 166 Å². The minimum atomic E-state index is 0.00861. The molecule has 0 unspecified atom stereocenters. The number of nitrogens with zero attached hydrogens (tertiary/aromatic N) is 2. The molecule has 4 nitrogen and oxygen atoms in total. The summed E-state index contributed by atoms with van der Waals surface area (Å²) in [5, 5.41) is 3.11. The lowest BCUT2D eigenvalue weighted by Crippen LogP contribution is -2.38. The molecule has 142 valence electrons. The standard InChI is InChI=1S/C24H25N3O/c28-24(22-10-8-21(9-11-22)20-5-2-1-3-6-20)26-17-19-12-15-27(16-13-19)23-7-4-14-25-18-23/h1-11,14,18-19H,12-13,15-17H2,(H,26,28). The first-order valence-electron chi connectivity index (χ1n) is 9.88. The smallest absolute Gasteiger partial charge is 0.251 e. The first kappa shape index (κ1) is 18.2. The third-order valence-electron chi connectivity index (χ3n) is 5.43. The van der Waals surface area contributed by atoms with Gasteiger partial charge in [0.05, 0.1) is 11.9 Å². The van der Waals surface area contributed by atoms with Crippen LogP contribution in [0.15, 0.2) is 79.1 Å². The summed E-state index contributed by atoms with van der Waals surface area (Å²) in [6.07, 6.45) is 5.89. The van der Waals surface area contributed by atoms with Gasteiger partial charge in [-0.05, 0) is 54.2 Å². The van der Waals surface area contributed by atoms with Gasteiger partial charge in [0.2, 0.25) is 0 Å². The van der Waals surface area contributed by atoms with E-state index in [0.29, 0.717) is 11.5 Å². The van der Waals surface area contributed by atoms with E-state index in [4.69, 9.17) is 0 Å². The highest BCUT2D eigenvalue weighted by molar-refractivity contribution is 5.94. The lowest BCUT2D eigenvalue weighted by molar-refractivity contribution is 0.0945. The van der Waals surface area contributed by atoms with Crippen LogP contribution in [0.3, 0.4) is 0 Å². The number of piperidine rings is 1. The van der Waals surface area contributed by atoms with E-state index >= 15 is 0 Å². The van der Waals surface area contributed by atoms with E-state index in [1.165, 1.54) is 5.69 Å². The van der Waals surface area contributed by atoms with Crippen molar-refractivity contribution in [1.82, 2.24) is 10.3 Å². The average molecular weight is 371 g/mol. The van der Waals surface area contributed by atoms with Crippen LogP contribution < -0.4 is 10.2 Å². The van der Waals surface area contributed by atoms with Crippen molar-refractivity contribution < 1.29 is 4.79 Å². The molecule has 0 aliphatic carbocycles. The molecule has 1 aliphatic heterocycles. The molecule has 3 aromatic rings.